The Morgan fingerprint density at radius 1 is 1.25 bits per heavy atom. The molecule has 3 unspecified atom stereocenters. The fourth-order valence-electron chi connectivity index (χ4n) is 1.61. The molecule has 0 heterocycles. The monoisotopic (exact) mass is 225 g/mol. The fourth-order valence-corrected chi connectivity index (χ4v) is 1.61. The lowest BCUT2D eigenvalue weighted by atomic mass is 10.0. The average Bonchev–Trinajstić information content (AvgIpc) is 2.28. The molecule has 1 aromatic carbocycles. The first-order valence-electron chi connectivity index (χ1n) is 5.74. The number of halogens is 1. The van der Waals surface area contributed by atoms with Crippen LogP contribution in [0.1, 0.15) is 38.9 Å². The number of aliphatic hydroxyl groups excluding tert-OH is 1. The topological polar surface area (TPSA) is 32.3 Å². The van der Waals surface area contributed by atoms with Gasteiger partial charge in [0.25, 0.3) is 0 Å². The van der Waals surface area contributed by atoms with Gasteiger partial charge in [0, 0.05) is 12.1 Å². The summed E-state index contributed by atoms with van der Waals surface area (Å²) in [4.78, 5) is 0. The van der Waals surface area contributed by atoms with Crippen LogP contribution in [-0.4, -0.2) is 17.2 Å². The zero-order chi connectivity index (χ0) is 12.1. The second kappa shape index (κ2) is 5.97. The van der Waals surface area contributed by atoms with E-state index in [9.17, 15) is 9.50 Å². The molecule has 1 aromatic rings. The van der Waals surface area contributed by atoms with E-state index >= 15 is 0 Å². The predicted molar refractivity (Wildman–Crippen MR) is 63.7 cm³/mol. The Morgan fingerprint density at radius 3 is 2.31 bits per heavy atom. The van der Waals surface area contributed by atoms with Crippen LogP contribution in [0.5, 0.6) is 0 Å². The third kappa shape index (κ3) is 3.58. The normalized spacial score (nSPS) is 16.8. The highest BCUT2D eigenvalue weighted by Crippen LogP contribution is 2.17. The maximum atomic E-state index is 12.7. The van der Waals surface area contributed by atoms with E-state index in [1.165, 1.54) is 12.1 Å². The van der Waals surface area contributed by atoms with Crippen LogP contribution in [0, 0.1) is 5.82 Å². The second-order valence-electron chi connectivity index (χ2n) is 4.26. The molecule has 2 nitrogen and oxygen atoms in total. The lowest BCUT2D eigenvalue weighted by Gasteiger charge is -2.24. The van der Waals surface area contributed by atoms with Gasteiger partial charge in [-0.25, -0.2) is 4.39 Å². The second-order valence-corrected chi connectivity index (χ2v) is 4.26. The minimum Gasteiger partial charge on any atom is -0.387 e. The van der Waals surface area contributed by atoms with Crippen molar-refractivity contribution in [2.24, 2.45) is 0 Å². The molecule has 0 aromatic heterocycles. The van der Waals surface area contributed by atoms with Crippen molar-refractivity contribution in [1.29, 1.82) is 0 Å². The standard InChI is InChI=1S/C13H20FNO/c1-4-9(2)15-10(3)13(16)11-5-7-12(14)8-6-11/h5-10,13,15-16H,4H2,1-3H3. The van der Waals surface area contributed by atoms with Crippen LogP contribution >= 0.6 is 0 Å². The molecule has 0 spiro atoms. The molecule has 0 aliphatic rings. The molecule has 0 aliphatic heterocycles. The number of rotatable bonds is 5. The molecule has 16 heavy (non-hydrogen) atoms. The van der Waals surface area contributed by atoms with E-state index in [4.69, 9.17) is 0 Å². The SMILES string of the molecule is CCC(C)NC(C)C(O)c1ccc(F)cc1. The number of benzene rings is 1. The van der Waals surface area contributed by atoms with Gasteiger partial charge in [0.1, 0.15) is 5.82 Å². The highest BCUT2D eigenvalue weighted by Gasteiger charge is 2.17. The van der Waals surface area contributed by atoms with Gasteiger partial charge in [-0.05, 0) is 38.0 Å². The molecule has 0 aliphatic carbocycles. The quantitative estimate of drug-likeness (QED) is 0.807. The first-order valence-corrected chi connectivity index (χ1v) is 5.74. The molecule has 0 amide bonds. The molecule has 3 atom stereocenters. The van der Waals surface area contributed by atoms with Crippen LogP contribution in [0.2, 0.25) is 0 Å². The number of hydrogen-bond acceptors (Lipinski definition) is 2. The minimum absolute atomic E-state index is 0.0413. The molecule has 0 saturated carbocycles. The van der Waals surface area contributed by atoms with E-state index in [2.05, 4.69) is 19.2 Å². The van der Waals surface area contributed by atoms with Gasteiger partial charge in [0.2, 0.25) is 0 Å². The number of aliphatic hydroxyl groups is 1. The van der Waals surface area contributed by atoms with Crippen LogP contribution in [0.4, 0.5) is 4.39 Å². The fraction of sp³-hybridized carbons (Fsp3) is 0.538. The maximum absolute atomic E-state index is 12.7. The molecule has 0 saturated heterocycles. The van der Waals surface area contributed by atoms with E-state index in [-0.39, 0.29) is 11.9 Å². The number of hydrogen-bond donors (Lipinski definition) is 2. The Kier molecular flexibility index (Phi) is 4.90. The Morgan fingerprint density at radius 2 is 1.81 bits per heavy atom. The third-order valence-corrected chi connectivity index (χ3v) is 2.84. The van der Waals surface area contributed by atoms with Crippen molar-refractivity contribution in [2.75, 3.05) is 0 Å². The van der Waals surface area contributed by atoms with Crippen LogP contribution in [0.3, 0.4) is 0 Å². The Balaban J connectivity index is 2.62. The predicted octanol–water partition coefficient (Wildman–Crippen LogP) is 2.64. The first kappa shape index (κ1) is 13.1. The van der Waals surface area contributed by atoms with Gasteiger partial charge in [-0.2, -0.15) is 0 Å². The van der Waals surface area contributed by atoms with Crippen molar-refractivity contribution in [3.63, 3.8) is 0 Å². The summed E-state index contributed by atoms with van der Waals surface area (Å²) in [6.45, 7) is 6.10. The molecule has 1 rings (SSSR count). The smallest absolute Gasteiger partial charge is 0.123 e. The van der Waals surface area contributed by atoms with Crippen LogP contribution in [-0.2, 0) is 0 Å². The molecule has 0 fully saturated rings. The summed E-state index contributed by atoms with van der Waals surface area (Å²) in [6, 6.07) is 6.30. The summed E-state index contributed by atoms with van der Waals surface area (Å²) in [5, 5.41) is 13.3. The number of nitrogens with one attached hydrogen (secondary N) is 1. The van der Waals surface area contributed by atoms with E-state index in [1.54, 1.807) is 12.1 Å². The Labute approximate surface area is 96.5 Å². The molecule has 2 N–H and O–H groups in total. The highest BCUT2D eigenvalue weighted by atomic mass is 19.1. The molecule has 3 heteroatoms. The van der Waals surface area contributed by atoms with E-state index in [0.29, 0.717) is 6.04 Å². The van der Waals surface area contributed by atoms with Crippen molar-refractivity contribution in [3.8, 4) is 0 Å². The highest BCUT2D eigenvalue weighted by molar-refractivity contribution is 5.19. The maximum Gasteiger partial charge on any atom is 0.123 e. The summed E-state index contributed by atoms with van der Waals surface area (Å²) in [5.41, 5.74) is 0.740. The van der Waals surface area contributed by atoms with Crippen molar-refractivity contribution in [3.05, 3.63) is 35.6 Å². The molecule has 0 bridgehead atoms. The van der Waals surface area contributed by atoms with E-state index in [0.717, 1.165) is 12.0 Å². The van der Waals surface area contributed by atoms with Gasteiger partial charge >= 0.3 is 0 Å². The van der Waals surface area contributed by atoms with E-state index < -0.39 is 6.10 Å². The summed E-state index contributed by atoms with van der Waals surface area (Å²) < 4.78 is 12.7. The zero-order valence-corrected chi connectivity index (χ0v) is 10.1. The van der Waals surface area contributed by atoms with Crippen LogP contribution in [0.15, 0.2) is 24.3 Å². The van der Waals surface area contributed by atoms with Crippen molar-refractivity contribution in [2.45, 2.75) is 45.4 Å². The van der Waals surface area contributed by atoms with E-state index in [1.807, 2.05) is 6.92 Å². The van der Waals surface area contributed by atoms with Crippen molar-refractivity contribution >= 4 is 0 Å². The lowest BCUT2D eigenvalue weighted by Crippen LogP contribution is -2.38. The molecule has 90 valence electrons. The summed E-state index contributed by atoms with van der Waals surface area (Å²) in [7, 11) is 0. The Bertz CT molecular complexity index is 312. The van der Waals surface area contributed by atoms with Crippen molar-refractivity contribution < 1.29 is 9.50 Å². The summed E-state index contributed by atoms with van der Waals surface area (Å²) in [5.74, 6) is -0.279. The molecular weight excluding hydrogens is 205 g/mol. The van der Waals surface area contributed by atoms with Gasteiger partial charge in [-0.1, -0.05) is 19.1 Å². The van der Waals surface area contributed by atoms with Gasteiger partial charge in [-0.3, -0.25) is 0 Å². The van der Waals surface area contributed by atoms with Crippen molar-refractivity contribution in [1.82, 2.24) is 5.32 Å². The van der Waals surface area contributed by atoms with Crippen LogP contribution < -0.4 is 5.32 Å². The molecular formula is C13H20FNO. The molecule has 0 radical (unpaired) electrons. The van der Waals surface area contributed by atoms with Gasteiger partial charge in [-0.15, -0.1) is 0 Å². The van der Waals surface area contributed by atoms with Gasteiger partial charge in [0.15, 0.2) is 0 Å². The minimum atomic E-state index is -0.602. The lowest BCUT2D eigenvalue weighted by molar-refractivity contribution is 0.130. The largest absolute Gasteiger partial charge is 0.387 e. The Hall–Kier alpha value is -0.930. The van der Waals surface area contributed by atoms with Gasteiger partial charge < -0.3 is 10.4 Å². The zero-order valence-electron chi connectivity index (χ0n) is 10.1. The first-order chi connectivity index (χ1) is 7.54. The average molecular weight is 225 g/mol. The van der Waals surface area contributed by atoms with Gasteiger partial charge in [0.05, 0.1) is 6.10 Å². The summed E-state index contributed by atoms with van der Waals surface area (Å²) in [6.07, 6.45) is 0.412. The van der Waals surface area contributed by atoms with Crippen LogP contribution in [0.25, 0.3) is 0 Å². The third-order valence-electron chi connectivity index (χ3n) is 2.84. The summed E-state index contributed by atoms with van der Waals surface area (Å²) >= 11 is 0.